The third-order valence-corrected chi connectivity index (χ3v) is 4.11. The van der Waals surface area contributed by atoms with Gasteiger partial charge < -0.3 is 14.6 Å². The maximum absolute atomic E-state index is 12.6. The summed E-state index contributed by atoms with van der Waals surface area (Å²) >= 11 is 0. The number of halogens is 3. The highest BCUT2D eigenvalue weighted by Crippen LogP contribution is 2.23. The number of carbonyl (C=O) groups excluding carboxylic acids is 1. The van der Waals surface area contributed by atoms with Crippen molar-refractivity contribution < 1.29 is 27.9 Å². The highest BCUT2D eigenvalue weighted by Gasteiger charge is 2.35. The van der Waals surface area contributed by atoms with E-state index in [2.05, 4.69) is 10.2 Å². The molecule has 10 heteroatoms. The van der Waals surface area contributed by atoms with Crippen molar-refractivity contribution in [1.29, 1.82) is 0 Å². The summed E-state index contributed by atoms with van der Waals surface area (Å²) in [6.07, 6.45) is -4.22. The maximum Gasteiger partial charge on any atom is 0.393 e. The van der Waals surface area contributed by atoms with Crippen LogP contribution in [-0.4, -0.2) is 48.9 Å². The van der Waals surface area contributed by atoms with Crippen molar-refractivity contribution in [3.63, 3.8) is 0 Å². The summed E-state index contributed by atoms with van der Waals surface area (Å²) in [5.74, 6) is -1.19. The van der Waals surface area contributed by atoms with Gasteiger partial charge in [0.15, 0.2) is 5.82 Å². The molecule has 7 nitrogen and oxygen atoms in total. The normalized spacial score (nSPS) is 17.0. The van der Waals surface area contributed by atoms with Gasteiger partial charge in [0.1, 0.15) is 12.4 Å². The lowest BCUT2D eigenvalue weighted by molar-refractivity contribution is -0.152. The molecule has 0 bridgehead atoms. The monoisotopic (exact) mass is 368 g/mol. The summed E-state index contributed by atoms with van der Waals surface area (Å²) in [6.45, 7) is 0.00949. The van der Waals surface area contributed by atoms with Crippen LogP contribution in [0.25, 0.3) is 0 Å². The molecule has 26 heavy (non-hydrogen) atoms. The predicted molar refractivity (Wildman–Crippen MR) is 81.9 cm³/mol. The number of rotatable bonds is 4. The minimum Gasteiger partial charge on any atom is -0.480 e. The molecular weight excluding hydrogens is 353 g/mol. The average Bonchev–Trinajstić information content (AvgIpc) is 2.99. The van der Waals surface area contributed by atoms with Crippen LogP contribution in [0, 0.1) is 0 Å². The topological polar surface area (TPSA) is 88.3 Å². The van der Waals surface area contributed by atoms with E-state index in [4.69, 9.17) is 0 Å². The van der Waals surface area contributed by atoms with E-state index in [9.17, 15) is 27.9 Å². The Hall–Kier alpha value is -2.91. The van der Waals surface area contributed by atoms with Gasteiger partial charge in [0, 0.05) is 0 Å². The van der Waals surface area contributed by atoms with Gasteiger partial charge in [-0.05, 0) is 11.1 Å². The third kappa shape index (κ3) is 4.01. The van der Waals surface area contributed by atoms with E-state index in [1.165, 1.54) is 29.4 Å². The molecule has 0 saturated heterocycles. The zero-order valence-electron chi connectivity index (χ0n) is 13.5. The highest BCUT2D eigenvalue weighted by atomic mass is 19.4. The lowest BCUT2D eigenvalue weighted by atomic mass is 10.0. The second kappa shape index (κ2) is 6.77. The van der Waals surface area contributed by atoms with Gasteiger partial charge in [0.2, 0.25) is 5.91 Å². The molecule has 1 amide bonds. The summed E-state index contributed by atoms with van der Waals surface area (Å²) in [6, 6.07) is 4.56. The van der Waals surface area contributed by atoms with Crippen LogP contribution in [-0.2, 0) is 35.5 Å². The quantitative estimate of drug-likeness (QED) is 0.882. The second-order valence-corrected chi connectivity index (χ2v) is 6.06. The van der Waals surface area contributed by atoms with Crippen molar-refractivity contribution in [2.24, 2.45) is 0 Å². The van der Waals surface area contributed by atoms with Gasteiger partial charge in [-0.15, -0.1) is 10.2 Å². The van der Waals surface area contributed by atoms with Gasteiger partial charge in [0.25, 0.3) is 0 Å². The molecule has 2 heterocycles. The number of aliphatic carboxylic acids is 1. The van der Waals surface area contributed by atoms with Crippen LogP contribution < -0.4 is 0 Å². The molecule has 2 aromatic rings. The summed E-state index contributed by atoms with van der Waals surface area (Å²) in [4.78, 5) is 25.3. The Morgan fingerprint density at radius 2 is 2.00 bits per heavy atom. The fourth-order valence-corrected chi connectivity index (χ4v) is 2.93. The van der Waals surface area contributed by atoms with Gasteiger partial charge >= 0.3 is 12.1 Å². The van der Waals surface area contributed by atoms with Gasteiger partial charge in [-0.1, -0.05) is 24.3 Å². The van der Waals surface area contributed by atoms with Crippen LogP contribution >= 0.6 is 0 Å². The van der Waals surface area contributed by atoms with Crippen LogP contribution in [0.15, 0.2) is 30.6 Å². The van der Waals surface area contributed by atoms with E-state index >= 15 is 0 Å². The summed E-state index contributed by atoms with van der Waals surface area (Å²) in [5.41, 5.74) is 0.448. The molecule has 1 aromatic heterocycles. The molecule has 1 atom stereocenters. The number of hydrogen-bond donors (Lipinski definition) is 1. The summed E-state index contributed by atoms with van der Waals surface area (Å²) in [7, 11) is 0. The first kappa shape index (κ1) is 17.9. The number of carboxylic acid groups (broad SMARTS) is 1. The second-order valence-electron chi connectivity index (χ2n) is 6.06. The number of alkyl halides is 3. The van der Waals surface area contributed by atoms with Crippen LogP contribution in [0.2, 0.25) is 0 Å². The van der Waals surface area contributed by atoms with Crippen LogP contribution in [0.1, 0.15) is 17.0 Å². The first-order chi connectivity index (χ1) is 12.2. The molecule has 1 aliphatic heterocycles. The lowest BCUT2D eigenvalue weighted by Gasteiger charge is -2.33. The van der Waals surface area contributed by atoms with E-state index in [1.807, 2.05) is 0 Å². The number of fused-ring (bicyclic) bond motifs is 1. The van der Waals surface area contributed by atoms with Crippen molar-refractivity contribution in [1.82, 2.24) is 19.7 Å². The van der Waals surface area contributed by atoms with Gasteiger partial charge in [-0.3, -0.25) is 4.79 Å². The number of carbonyl (C=O) groups is 2. The van der Waals surface area contributed by atoms with Gasteiger partial charge in [0.05, 0.1) is 25.9 Å². The van der Waals surface area contributed by atoms with Crippen LogP contribution in [0.3, 0.4) is 0 Å². The molecule has 3 rings (SSSR count). The Bertz CT molecular complexity index is 834. The number of carboxylic acids is 1. The lowest BCUT2D eigenvalue weighted by Crippen LogP contribution is -2.51. The van der Waals surface area contributed by atoms with Gasteiger partial charge in [-0.25, -0.2) is 4.79 Å². The first-order valence-corrected chi connectivity index (χ1v) is 7.76. The number of nitrogens with zero attached hydrogens (tertiary/aromatic N) is 4. The highest BCUT2D eigenvalue weighted by molar-refractivity contribution is 5.85. The molecule has 1 N–H and O–H groups in total. The average molecular weight is 368 g/mol. The van der Waals surface area contributed by atoms with Crippen molar-refractivity contribution in [2.45, 2.75) is 38.1 Å². The molecule has 0 radical (unpaired) electrons. The number of hydrogen-bond acceptors (Lipinski definition) is 4. The summed E-state index contributed by atoms with van der Waals surface area (Å²) in [5, 5.41) is 16.9. The molecule has 1 aromatic carbocycles. The van der Waals surface area contributed by atoms with E-state index in [0.717, 1.165) is 0 Å². The molecule has 0 spiro atoms. The Morgan fingerprint density at radius 1 is 1.27 bits per heavy atom. The van der Waals surface area contributed by atoms with Gasteiger partial charge in [-0.2, -0.15) is 13.2 Å². The van der Waals surface area contributed by atoms with E-state index in [0.29, 0.717) is 11.4 Å². The predicted octanol–water partition coefficient (Wildman–Crippen LogP) is 1.42. The smallest absolute Gasteiger partial charge is 0.393 e. The molecule has 138 valence electrons. The van der Waals surface area contributed by atoms with Crippen molar-refractivity contribution in [3.8, 4) is 0 Å². The zero-order valence-corrected chi connectivity index (χ0v) is 13.5. The Morgan fingerprint density at radius 3 is 2.69 bits per heavy atom. The van der Waals surface area contributed by atoms with Crippen LogP contribution in [0.5, 0.6) is 0 Å². The maximum atomic E-state index is 12.6. The van der Waals surface area contributed by atoms with Crippen LogP contribution in [0.4, 0.5) is 13.2 Å². The SMILES string of the molecule is O=C(O)C1Cn2cnnc2CN1C(=O)Cc1cccc(CC(F)(F)F)c1. The number of benzene rings is 1. The van der Waals surface area contributed by atoms with E-state index < -0.39 is 30.5 Å². The minimum atomic E-state index is -4.34. The van der Waals surface area contributed by atoms with Crippen molar-refractivity contribution in [2.75, 3.05) is 0 Å². The zero-order chi connectivity index (χ0) is 18.9. The third-order valence-electron chi connectivity index (χ3n) is 4.11. The Labute approximate surface area is 146 Å². The van der Waals surface area contributed by atoms with E-state index in [-0.39, 0.29) is 25.1 Å². The molecular formula is C16H15F3N4O3. The minimum absolute atomic E-state index is 0.0158. The number of amides is 1. The molecule has 0 saturated carbocycles. The molecule has 1 unspecified atom stereocenters. The molecule has 0 aliphatic carbocycles. The van der Waals surface area contributed by atoms with Crippen molar-refractivity contribution in [3.05, 3.63) is 47.5 Å². The van der Waals surface area contributed by atoms with Crippen molar-refractivity contribution >= 4 is 11.9 Å². The number of aromatic nitrogens is 3. The standard InChI is InChI=1S/C16H15F3N4O3/c17-16(18,19)6-11-3-1-2-10(4-11)5-14(24)23-8-13-21-20-9-22(13)7-12(23)15(25)26/h1-4,9,12H,5-8H2,(H,25,26). The molecule has 1 aliphatic rings. The fourth-order valence-electron chi connectivity index (χ4n) is 2.93. The largest absolute Gasteiger partial charge is 0.480 e. The Balaban J connectivity index is 1.77. The fraction of sp³-hybridized carbons (Fsp3) is 0.375. The molecule has 0 fully saturated rings. The first-order valence-electron chi connectivity index (χ1n) is 7.76. The summed E-state index contributed by atoms with van der Waals surface area (Å²) < 4.78 is 39.1. The van der Waals surface area contributed by atoms with E-state index in [1.54, 1.807) is 10.6 Å². The Kier molecular flexibility index (Phi) is 4.66.